The summed E-state index contributed by atoms with van der Waals surface area (Å²) < 4.78 is 66.3. The van der Waals surface area contributed by atoms with Crippen molar-refractivity contribution in [3.05, 3.63) is 54.6 Å². The fourth-order valence-corrected chi connectivity index (χ4v) is 4.89. The Labute approximate surface area is 192 Å². The Morgan fingerprint density at radius 3 is 2.24 bits per heavy atom. The molecule has 3 rings (SSSR count). The first kappa shape index (κ1) is 25.0. The maximum atomic E-state index is 12.3. The third-order valence-electron chi connectivity index (χ3n) is 4.25. The minimum absolute atomic E-state index is 0.0170. The lowest BCUT2D eigenvalue weighted by Gasteiger charge is -2.08. The molecule has 0 fully saturated rings. The smallest absolute Gasteiger partial charge is 0.295 e. The zero-order chi connectivity index (χ0) is 24.1. The van der Waals surface area contributed by atoms with Crippen molar-refractivity contribution in [3.63, 3.8) is 0 Å². The summed E-state index contributed by atoms with van der Waals surface area (Å²) in [4.78, 5) is -0.459. The highest BCUT2D eigenvalue weighted by Crippen LogP contribution is 2.39. The summed E-state index contributed by atoms with van der Waals surface area (Å²) in [5.74, 6) is -0.714. The summed E-state index contributed by atoms with van der Waals surface area (Å²) in [6, 6.07) is 12.3. The SMILES string of the molecule is O=S(=O)(O)c1cc(/N=N/c2ccc(S(=O)(=O)CCOSOOO)cc2)c(O)c2ccccc12. The van der Waals surface area contributed by atoms with Crippen LogP contribution < -0.4 is 0 Å². The first-order valence-electron chi connectivity index (χ1n) is 8.86. The summed E-state index contributed by atoms with van der Waals surface area (Å²) in [5.41, 5.74) is 0.0111. The second kappa shape index (κ2) is 10.5. The van der Waals surface area contributed by atoms with E-state index in [1.54, 1.807) is 12.1 Å². The molecule has 12 nitrogen and oxygen atoms in total. The van der Waals surface area contributed by atoms with Crippen molar-refractivity contribution in [1.82, 2.24) is 0 Å². The molecule has 0 aromatic heterocycles. The van der Waals surface area contributed by atoms with Gasteiger partial charge in [-0.05, 0) is 30.3 Å². The van der Waals surface area contributed by atoms with Crippen LogP contribution in [0.25, 0.3) is 10.8 Å². The fraction of sp³-hybridized carbons (Fsp3) is 0.111. The monoisotopic (exact) mass is 516 g/mol. The van der Waals surface area contributed by atoms with Gasteiger partial charge in [0, 0.05) is 10.8 Å². The maximum absolute atomic E-state index is 12.3. The zero-order valence-electron chi connectivity index (χ0n) is 16.4. The summed E-state index contributed by atoms with van der Waals surface area (Å²) in [6.45, 7) is -0.241. The van der Waals surface area contributed by atoms with Crippen LogP contribution in [0.2, 0.25) is 0 Å². The largest absolute Gasteiger partial charge is 0.505 e. The van der Waals surface area contributed by atoms with E-state index in [4.69, 9.17) is 9.44 Å². The van der Waals surface area contributed by atoms with Crippen molar-refractivity contribution in [2.45, 2.75) is 9.79 Å². The molecule has 3 N–H and O–H groups in total. The van der Waals surface area contributed by atoms with Crippen LogP contribution in [0.1, 0.15) is 0 Å². The normalized spacial score (nSPS) is 12.5. The molecule has 0 radical (unpaired) electrons. The zero-order valence-corrected chi connectivity index (χ0v) is 18.9. The summed E-state index contributed by atoms with van der Waals surface area (Å²) in [7, 11) is -8.29. The van der Waals surface area contributed by atoms with Gasteiger partial charge in [-0.3, -0.25) is 8.74 Å². The second-order valence-corrected chi connectivity index (χ2v) is 10.3. The lowest BCUT2D eigenvalue weighted by atomic mass is 10.1. The number of phenolic OH excluding ortho intramolecular Hbond substituents is 1. The van der Waals surface area contributed by atoms with Gasteiger partial charge in [0.1, 0.15) is 10.6 Å². The number of aromatic hydroxyl groups is 1. The molecule has 0 aliphatic rings. The third kappa shape index (κ3) is 6.24. The summed E-state index contributed by atoms with van der Waals surface area (Å²) in [6.07, 6.45) is 0. The molecule has 3 aromatic rings. The van der Waals surface area contributed by atoms with Crippen molar-refractivity contribution in [3.8, 4) is 5.75 Å². The van der Waals surface area contributed by atoms with Crippen LogP contribution in [0.15, 0.2) is 74.6 Å². The van der Waals surface area contributed by atoms with E-state index in [2.05, 4.69) is 19.6 Å². The van der Waals surface area contributed by atoms with E-state index >= 15 is 0 Å². The maximum Gasteiger partial charge on any atom is 0.295 e. The van der Waals surface area contributed by atoms with Gasteiger partial charge in [-0.2, -0.15) is 13.5 Å². The molecular formula is C18H16N2O10S3. The van der Waals surface area contributed by atoms with Gasteiger partial charge in [-0.15, -0.1) is 9.45 Å². The van der Waals surface area contributed by atoms with Gasteiger partial charge in [-0.25, -0.2) is 13.7 Å². The van der Waals surface area contributed by atoms with Gasteiger partial charge in [0.15, 0.2) is 27.9 Å². The highest BCUT2D eigenvalue weighted by Gasteiger charge is 2.19. The fourth-order valence-electron chi connectivity index (χ4n) is 2.76. The van der Waals surface area contributed by atoms with Crippen LogP contribution in [0.4, 0.5) is 11.4 Å². The van der Waals surface area contributed by atoms with Crippen LogP contribution in [0.3, 0.4) is 0 Å². The van der Waals surface area contributed by atoms with Crippen LogP contribution in [-0.4, -0.2) is 44.1 Å². The van der Waals surface area contributed by atoms with Crippen LogP contribution >= 0.6 is 12.3 Å². The van der Waals surface area contributed by atoms with E-state index in [9.17, 15) is 26.5 Å². The lowest BCUT2D eigenvalue weighted by Crippen LogP contribution is -2.10. The number of azo groups is 1. The van der Waals surface area contributed by atoms with Crippen LogP contribution in [0.5, 0.6) is 5.75 Å². The lowest BCUT2D eigenvalue weighted by molar-refractivity contribution is -0.434. The Kier molecular flexibility index (Phi) is 7.98. The van der Waals surface area contributed by atoms with Gasteiger partial charge < -0.3 is 5.11 Å². The van der Waals surface area contributed by atoms with Gasteiger partial charge in [0.05, 0.1) is 22.9 Å². The number of fused-ring (bicyclic) bond motifs is 1. The molecule has 0 aliphatic carbocycles. The topological polar surface area (TPSA) is 181 Å². The molecular weight excluding hydrogens is 500 g/mol. The Balaban J connectivity index is 1.82. The third-order valence-corrected chi connectivity index (χ3v) is 7.21. The number of phenols is 1. The first-order valence-corrected chi connectivity index (χ1v) is 12.6. The number of hydrogen-bond acceptors (Lipinski definition) is 12. The second-order valence-electron chi connectivity index (χ2n) is 6.31. The quantitative estimate of drug-likeness (QED) is 0.0885. The Morgan fingerprint density at radius 1 is 0.939 bits per heavy atom. The van der Waals surface area contributed by atoms with Gasteiger partial charge in [0.25, 0.3) is 10.1 Å². The van der Waals surface area contributed by atoms with Crippen molar-refractivity contribution < 1.29 is 45.3 Å². The van der Waals surface area contributed by atoms with Crippen molar-refractivity contribution >= 4 is 54.4 Å². The Bertz CT molecular complexity index is 1370. The first-order chi connectivity index (χ1) is 15.6. The van der Waals surface area contributed by atoms with Crippen LogP contribution in [-0.2, 0) is 33.5 Å². The van der Waals surface area contributed by atoms with Gasteiger partial charge in [-0.1, -0.05) is 29.3 Å². The molecule has 0 spiro atoms. The number of nitrogens with zero attached hydrogens (tertiary/aromatic N) is 2. The molecule has 15 heteroatoms. The van der Waals surface area contributed by atoms with E-state index < -0.39 is 24.9 Å². The molecule has 0 amide bonds. The van der Waals surface area contributed by atoms with Gasteiger partial charge in [0.2, 0.25) is 0 Å². The molecule has 0 saturated heterocycles. The minimum Gasteiger partial charge on any atom is -0.505 e. The Hall–Kier alpha value is -2.63. The van der Waals surface area contributed by atoms with Crippen molar-refractivity contribution in [2.75, 3.05) is 12.4 Å². The molecule has 0 atom stereocenters. The molecule has 176 valence electrons. The highest BCUT2D eigenvalue weighted by atomic mass is 32.2. The minimum atomic E-state index is -4.61. The molecule has 0 bridgehead atoms. The molecule has 0 heterocycles. The molecule has 0 aliphatic heterocycles. The van der Waals surface area contributed by atoms with Crippen LogP contribution in [0, 0.1) is 0 Å². The van der Waals surface area contributed by atoms with E-state index in [-0.39, 0.29) is 57.5 Å². The highest BCUT2D eigenvalue weighted by molar-refractivity contribution is 7.91. The number of rotatable bonds is 10. The number of hydrogen-bond donors (Lipinski definition) is 3. The Morgan fingerprint density at radius 2 is 1.61 bits per heavy atom. The van der Waals surface area contributed by atoms with Gasteiger partial charge >= 0.3 is 0 Å². The number of sulfone groups is 1. The molecule has 3 aromatic carbocycles. The van der Waals surface area contributed by atoms with Crippen molar-refractivity contribution in [2.24, 2.45) is 10.2 Å². The molecule has 33 heavy (non-hydrogen) atoms. The van der Waals surface area contributed by atoms with E-state index in [0.717, 1.165) is 6.07 Å². The summed E-state index contributed by atoms with van der Waals surface area (Å²) in [5, 5.41) is 29.7. The molecule has 0 saturated carbocycles. The number of benzene rings is 3. The van der Waals surface area contributed by atoms with E-state index in [1.807, 2.05) is 0 Å². The van der Waals surface area contributed by atoms with Crippen molar-refractivity contribution in [1.29, 1.82) is 0 Å². The summed E-state index contributed by atoms with van der Waals surface area (Å²) >= 11 is 0.262. The predicted octanol–water partition coefficient (Wildman–Crippen LogP) is 3.98. The standard InChI is InChI=1S/C18H16N2O10S3/c21-18-15-4-2-1-3-14(15)17(33(25,26)27)11-16(18)20-19-12-5-7-13(8-6-12)32(23,24)10-9-28-31-30-29-22/h1-8,11,21-22H,9-10H2,(H,25,26,27)/b20-19+. The predicted molar refractivity (Wildman–Crippen MR) is 116 cm³/mol. The van der Waals surface area contributed by atoms with E-state index in [0.29, 0.717) is 0 Å². The average molecular weight is 517 g/mol. The van der Waals surface area contributed by atoms with E-state index in [1.165, 1.54) is 36.4 Å². The average Bonchev–Trinajstić information content (AvgIpc) is 2.78. The molecule has 0 unspecified atom stereocenters.